The summed E-state index contributed by atoms with van der Waals surface area (Å²) < 4.78 is 42.3. The van der Waals surface area contributed by atoms with Gasteiger partial charge in [0.15, 0.2) is 0 Å². The van der Waals surface area contributed by atoms with Crippen molar-refractivity contribution in [3.05, 3.63) is 53.1 Å². The van der Waals surface area contributed by atoms with Crippen molar-refractivity contribution in [2.45, 2.75) is 31.0 Å². The van der Waals surface area contributed by atoms with Gasteiger partial charge in [0.05, 0.1) is 11.1 Å². The number of rotatable bonds is 4. The lowest BCUT2D eigenvalue weighted by molar-refractivity contribution is -0.156. The summed E-state index contributed by atoms with van der Waals surface area (Å²) >= 11 is 6.33. The van der Waals surface area contributed by atoms with Gasteiger partial charge in [0.2, 0.25) is 5.95 Å². The number of halogens is 4. The van der Waals surface area contributed by atoms with Crippen LogP contribution in [0.25, 0.3) is 11.5 Å². The van der Waals surface area contributed by atoms with Crippen molar-refractivity contribution in [3.63, 3.8) is 0 Å². The second-order valence-corrected chi connectivity index (χ2v) is 6.65. The van der Waals surface area contributed by atoms with Gasteiger partial charge in [0.25, 0.3) is 5.89 Å². The number of benzene rings is 1. The monoisotopic (exact) mass is 395 g/mol. The lowest BCUT2D eigenvalue weighted by atomic mass is 9.72. The average Bonchev–Trinajstić information content (AvgIpc) is 3.10. The Bertz CT molecular complexity index is 954. The Morgan fingerprint density at radius 1 is 1.07 bits per heavy atom. The number of alkyl halides is 3. The molecule has 1 saturated carbocycles. The van der Waals surface area contributed by atoms with Gasteiger partial charge in [-0.05, 0) is 30.9 Å². The molecule has 1 aromatic carbocycles. The first kappa shape index (κ1) is 17.7. The Hall–Kier alpha value is -2.68. The zero-order chi connectivity index (χ0) is 19.1. The normalized spacial score (nSPS) is 16.0. The van der Waals surface area contributed by atoms with Crippen LogP contribution in [0.2, 0.25) is 5.02 Å². The van der Waals surface area contributed by atoms with E-state index in [1.807, 2.05) is 24.3 Å². The van der Waals surface area contributed by atoms with E-state index < -0.39 is 12.1 Å². The predicted octanol–water partition coefficient (Wildman–Crippen LogP) is 4.69. The highest BCUT2D eigenvalue weighted by Gasteiger charge is 2.41. The fraction of sp³-hybridized carbons (Fsp3) is 0.294. The van der Waals surface area contributed by atoms with Crippen LogP contribution in [0, 0.1) is 0 Å². The molecule has 0 unspecified atom stereocenters. The third kappa shape index (κ3) is 3.34. The van der Waals surface area contributed by atoms with Crippen molar-refractivity contribution < 1.29 is 17.6 Å². The maximum Gasteiger partial charge on any atom is 0.470 e. The van der Waals surface area contributed by atoms with E-state index in [0.717, 1.165) is 24.8 Å². The van der Waals surface area contributed by atoms with E-state index in [1.165, 1.54) is 12.4 Å². The van der Waals surface area contributed by atoms with E-state index in [0.29, 0.717) is 11.0 Å². The number of anilines is 1. The number of hydrogen-bond acceptors (Lipinski definition) is 6. The quantitative estimate of drug-likeness (QED) is 0.690. The van der Waals surface area contributed by atoms with Crippen LogP contribution < -0.4 is 5.32 Å². The average molecular weight is 396 g/mol. The molecule has 0 radical (unpaired) electrons. The molecule has 1 N–H and O–H groups in total. The molecule has 1 fully saturated rings. The van der Waals surface area contributed by atoms with E-state index in [9.17, 15) is 13.2 Å². The summed E-state index contributed by atoms with van der Waals surface area (Å²) in [4.78, 5) is 8.35. The first-order valence-electron chi connectivity index (χ1n) is 8.14. The Morgan fingerprint density at radius 3 is 2.33 bits per heavy atom. The fourth-order valence-electron chi connectivity index (χ4n) is 3.01. The van der Waals surface area contributed by atoms with Gasteiger partial charge in [-0.1, -0.05) is 29.8 Å². The molecule has 0 saturated heterocycles. The zero-order valence-electron chi connectivity index (χ0n) is 13.8. The maximum atomic E-state index is 12.6. The molecule has 27 heavy (non-hydrogen) atoms. The second-order valence-electron chi connectivity index (χ2n) is 6.25. The molecule has 0 atom stereocenters. The standard InChI is InChI=1S/C17H13ClF3N5O/c18-12-5-2-1-4-11(12)16(6-3-7-16)24-15-22-8-10(9-23-15)13-25-26-14(27-13)17(19,20)21/h1-2,4-5,8-9H,3,6-7H2,(H,22,23,24). The second kappa shape index (κ2) is 6.49. The maximum absolute atomic E-state index is 12.6. The SMILES string of the molecule is FC(F)(F)c1nnc(-c2cnc(NC3(c4ccccc4Cl)CCC3)nc2)o1. The summed E-state index contributed by atoms with van der Waals surface area (Å²) in [5.41, 5.74) is 0.814. The van der Waals surface area contributed by atoms with Crippen LogP contribution in [0.15, 0.2) is 41.1 Å². The number of nitrogens with zero attached hydrogens (tertiary/aromatic N) is 4. The third-order valence-corrected chi connectivity index (χ3v) is 4.84. The molecule has 2 aromatic heterocycles. The molecule has 1 aliphatic carbocycles. The van der Waals surface area contributed by atoms with Crippen LogP contribution in [-0.4, -0.2) is 20.2 Å². The summed E-state index contributed by atoms with van der Waals surface area (Å²) in [5.74, 6) is -1.36. The van der Waals surface area contributed by atoms with Crippen molar-refractivity contribution in [1.29, 1.82) is 0 Å². The smallest absolute Gasteiger partial charge is 0.413 e. The molecule has 4 rings (SSSR count). The van der Waals surface area contributed by atoms with E-state index in [4.69, 9.17) is 11.6 Å². The minimum Gasteiger partial charge on any atom is -0.413 e. The van der Waals surface area contributed by atoms with Crippen LogP contribution in [0.4, 0.5) is 19.1 Å². The summed E-state index contributed by atoms with van der Waals surface area (Å²) in [6, 6.07) is 7.57. The summed E-state index contributed by atoms with van der Waals surface area (Å²) in [6.07, 6.45) is 0.766. The van der Waals surface area contributed by atoms with Gasteiger partial charge in [0, 0.05) is 17.4 Å². The molecule has 10 heteroatoms. The molecule has 2 heterocycles. The van der Waals surface area contributed by atoms with Crippen LogP contribution in [0.1, 0.15) is 30.7 Å². The topological polar surface area (TPSA) is 76.7 Å². The number of nitrogens with one attached hydrogen (secondary N) is 1. The Labute approximate surface area is 156 Å². The molecule has 140 valence electrons. The highest BCUT2D eigenvalue weighted by Crippen LogP contribution is 2.46. The first-order chi connectivity index (χ1) is 12.9. The molecule has 0 bridgehead atoms. The summed E-state index contributed by atoms with van der Waals surface area (Å²) in [7, 11) is 0. The molecular weight excluding hydrogens is 383 g/mol. The van der Waals surface area contributed by atoms with Crippen molar-refractivity contribution in [2.24, 2.45) is 0 Å². The first-order valence-corrected chi connectivity index (χ1v) is 8.51. The largest absolute Gasteiger partial charge is 0.470 e. The van der Waals surface area contributed by atoms with Gasteiger partial charge in [0.1, 0.15) is 0 Å². The van der Waals surface area contributed by atoms with Crippen LogP contribution in [0.5, 0.6) is 0 Å². The molecule has 3 aromatic rings. The minimum atomic E-state index is -4.70. The van der Waals surface area contributed by atoms with Gasteiger partial charge in [-0.2, -0.15) is 13.2 Å². The molecule has 1 aliphatic rings. The van der Waals surface area contributed by atoms with Crippen molar-refractivity contribution in [2.75, 3.05) is 5.32 Å². The lowest BCUT2D eigenvalue weighted by Gasteiger charge is -2.43. The van der Waals surface area contributed by atoms with Gasteiger partial charge in [-0.25, -0.2) is 9.97 Å². The number of hydrogen-bond donors (Lipinski definition) is 1. The highest BCUT2D eigenvalue weighted by molar-refractivity contribution is 6.31. The molecule has 6 nitrogen and oxygen atoms in total. The Balaban J connectivity index is 1.56. The Kier molecular flexibility index (Phi) is 4.26. The fourth-order valence-corrected chi connectivity index (χ4v) is 3.33. The van der Waals surface area contributed by atoms with Crippen molar-refractivity contribution >= 4 is 17.5 Å². The van der Waals surface area contributed by atoms with Crippen molar-refractivity contribution in [1.82, 2.24) is 20.2 Å². The van der Waals surface area contributed by atoms with E-state index in [-0.39, 0.29) is 17.0 Å². The van der Waals surface area contributed by atoms with Gasteiger partial charge < -0.3 is 9.73 Å². The third-order valence-electron chi connectivity index (χ3n) is 4.51. The van der Waals surface area contributed by atoms with Crippen molar-refractivity contribution in [3.8, 4) is 11.5 Å². The van der Waals surface area contributed by atoms with Gasteiger partial charge in [-0.15, -0.1) is 10.2 Å². The van der Waals surface area contributed by atoms with E-state index in [1.54, 1.807) is 0 Å². The molecule has 0 spiro atoms. The predicted molar refractivity (Wildman–Crippen MR) is 90.9 cm³/mol. The molecular formula is C17H13ClF3N5O. The summed E-state index contributed by atoms with van der Waals surface area (Å²) in [6.45, 7) is 0. The van der Waals surface area contributed by atoms with E-state index in [2.05, 4.69) is 29.9 Å². The summed E-state index contributed by atoms with van der Waals surface area (Å²) in [5, 5.41) is 10.3. The molecule has 0 aliphatic heterocycles. The van der Waals surface area contributed by atoms with Gasteiger partial charge in [-0.3, -0.25) is 0 Å². The zero-order valence-corrected chi connectivity index (χ0v) is 14.6. The van der Waals surface area contributed by atoms with Gasteiger partial charge >= 0.3 is 12.1 Å². The Morgan fingerprint density at radius 2 is 1.78 bits per heavy atom. The van der Waals surface area contributed by atoms with Crippen LogP contribution >= 0.6 is 11.6 Å². The lowest BCUT2D eigenvalue weighted by Crippen LogP contribution is -2.42. The van der Waals surface area contributed by atoms with E-state index >= 15 is 0 Å². The van der Waals surface area contributed by atoms with Crippen LogP contribution in [-0.2, 0) is 11.7 Å². The minimum absolute atomic E-state index is 0.198. The van der Waals surface area contributed by atoms with Crippen LogP contribution in [0.3, 0.4) is 0 Å². The molecule has 0 amide bonds. The highest BCUT2D eigenvalue weighted by atomic mass is 35.5. The number of aromatic nitrogens is 4.